The summed E-state index contributed by atoms with van der Waals surface area (Å²) in [5, 5.41) is 9.24. The van der Waals surface area contributed by atoms with Gasteiger partial charge in [0.25, 0.3) is 0 Å². The summed E-state index contributed by atoms with van der Waals surface area (Å²) in [5.41, 5.74) is 1.45. The highest BCUT2D eigenvalue weighted by Crippen LogP contribution is 2.34. The molecule has 1 aromatic rings. The first kappa shape index (κ1) is 16.8. The smallest absolute Gasteiger partial charge is 0.311 e. The average Bonchev–Trinajstić information content (AvgIpc) is 2.86. The number of carbonyl (C=O) groups is 1. The molecule has 0 radical (unpaired) electrons. The van der Waals surface area contributed by atoms with Crippen LogP contribution in [0.15, 0.2) is 24.3 Å². The van der Waals surface area contributed by atoms with Crippen LogP contribution in [0.4, 0.5) is 5.69 Å². The summed E-state index contributed by atoms with van der Waals surface area (Å²) in [6.45, 7) is 8.68. The number of cyclic esters (lactones) is 1. The minimum atomic E-state index is -0.329. The Morgan fingerprint density at radius 2 is 1.96 bits per heavy atom. The largest absolute Gasteiger partial charge is 0.462 e. The number of nitriles is 1. The van der Waals surface area contributed by atoms with Gasteiger partial charge in [-0.05, 0) is 38.8 Å². The standard InChI is InChI=1S/C19H25N3O2/c1-19(2)13-16(24-18(19)23)7-8-21-9-11-22(12-10-21)17-6-4-3-5-15(17)14-20/h3-6,16H,7-13H2,1-2H3/t16-/m0/s1. The van der Waals surface area contributed by atoms with E-state index in [4.69, 9.17) is 4.74 Å². The second-order valence-electron chi connectivity index (χ2n) is 7.36. The van der Waals surface area contributed by atoms with Gasteiger partial charge in [-0.25, -0.2) is 0 Å². The molecular weight excluding hydrogens is 302 g/mol. The van der Waals surface area contributed by atoms with Gasteiger partial charge in [0, 0.05) is 32.7 Å². The second-order valence-corrected chi connectivity index (χ2v) is 7.36. The Bertz CT molecular complexity index is 642. The van der Waals surface area contributed by atoms with Crippen molar-refractivity contribution in [2.24, 2.45) is 5.41 Å². The molecule has 128 valence electrons. The number of rotatable bonds is 4. The molecule has 0 spiro atoms. The third-order valence-corrected chi connectivity index (χ3v) is 5.07. The Hall–Kier alpha value is -2.06. The van der Waals surface area contributed by atoms with Gasteiger partial charge in [0.1, 0.15) is 12.2 Å². The lowest BCUT2D eigenvalue weighted by atomic mass is 9.89. The molecule has 0 amide bonds. The van der Waals surface area contributed by atoms with Crippen molar-refractivity contribution in [1.29, 1.82) is 5.26 Å². The number of hydrogen-bond acceptors (Lipinski definition) is 5. The van der Waals surface area contributed by atoms with Gasteiger partial charge in [0.05, 0.1) is 16.7 Å². The van der Waals surface area contributed by atoms with E-state index < -0.39 is 0 Å². The van der Waals surface area contributed by atoms with E-state index in [1.807, 2.05) is 38.1 Å². The van der Waals surface area contributed by atoms with Gasteiger partial charge in [-0.15, -0.1) is 0 Å². The molecule has 2 fully saturated rings. The molecule has 5 heteroatoms. The average molecular weight is 327 g/mol. The number of para-hydroxylation sites is 1. The highest BCUT2D eigenvalue weighted by atomic mass is 16.6. The van der Waals surface area contributed by atoms with Crippen molar-refractivity contribution >= 4 is 11.7 Å². The Morgan fingerprint density at radius 3 is 2.58 bits per heavy atom. The molecule has 0 bridgehead atoms. The Morgan fingerprint density at radius 1 is 1.25 bits per heavy atom. The summed E-state index contributed by atoms with van der Waals surface area (Å²) >= 11 is 0. The molecular formula is C19H25N3O2. The van der Waals surface area contributed by atoms with Crippen molar-refractivity contribution in [3.05, 3.63) is 29.8 Å². The van der Waals surface area contributed by atoms with E-state index >= 15 is 0 Å². The molecule has 24 heavy (non-hydrogen) atoms. The summed E-state index contributed by atoms with van der Waals surface area (Å²) in [7, 11) is 0. The van der Waals surface area contributed by atoms with Gasteiger partial charge >= 0.3 is 5.97 Å². The van der Waals surface area contributed by atoms with E-state index in [1.165, 1.54) is 0 Å². The highest BCUT2D eigenvalue weighted by Gasteiger charge is 2.41. The van der Waals surface area contributed by atoms with Crippen molar-refractivity contribution in [3.63, 3.8) is 0 Å². The number of hydrogen-bond donors (Lipinski definition) is 0. The minimum absolute atomic E-state index is 0.0600. The van der Waals surface area contributed by atoms with Crippen LogP contribution in [0.5, 0.6) is 0 Å². The number of ether oxygens (including phenoxy) is 1. The number of piperazine rings is 1. The molecule has 1 atom stereocenters. The molecule has 2 saturated heterocycles. The summed E-state index contributed by atoms with van der Waals surface area (Å²) in [4.78, 5) is 16.5. The Balaban J connectivity index is 1.48. The first-order chi connectivity index (χ1) is 11.5. The third-order valence-electron chi connectivity index (χ3n) is 5.07. The topological polar surface area (TPSA) is 56.6 Å². The first-order valence-corrected chi connectivity index (χ1v) is 8.67. The van der Waals surface area contributed by atoms with Crippen molar-refractivity contribution < 1.29 is 9.53 Å². The van der Waals surface area contributed by atoms with Gasteiger partial charge in [-0.2, -0.15) is 5.26 Å². The normalized spacial score (nSPS) is 23.8. The number of carbonyl (C=O) groups excluding carboxylic acids is 1. The fraction of sp³-hybridized carbons (Fsp3) is 0.579. The van der Waals surface area contributed by atoms with Crippen molar-refractivity contribution in [2.45, 2.75) is 32.8 Å². The predicted octanol–water partition coefficient (Wildman–Crippen LogP) is 2.41. The lowest BCUT2D eigenvalue weighted by Crippen LogP contribution is -2.47. The Kier molecular flexibility index (Phi) is 4.77. The number of benzene rings is 1. The molecule has 2 aliphatic rings. The molecule has 0 aliphatic carbocycles. The van der Waals surface area contributed by atoms with Crippen LogP contribution in [-0.2, 0) is 9.53 Å². The quantitative estimate of drug-likeness (QED) is 0.795. The first-order valence-electron chi connectivity index (χ1n) is 8.67. The second kappa shape index (κ2) is 6.82. The van der Waals surface area contributed by atoms with E-state index in [9.17, 15) is 10.1 Å². The molecule has 0 saturated carbocycles. The zero-order valence-corrected chi connectivity index (χ0v) is 14.5. The number of anilines is 1. The molecule has 3 rings (SSSR count). The SMILES string of the molecule is CC1(C)C[C@H](CCN2CCN(c3ccccc3C#N)CC2)OC1=O. The summed E-state index contributed by atoms with van der Waals surface area (Å²) in [6, 6.07) is 10.1. The lowest BCUT2D eigenvalue weighted by molar-refractivity contribution is -0.147. The van der Waals surface area contributed by atoms with Crippen molar-refractivity contribution in [2.75, 3.05) is 37.6 Å². The maximum absolute atomic E-state index is 11.7. The van der Waals surface area contributed by atoms with Crippen LogP contribution >= 0.6 is 0 Å². The fourth-order valence-corrected chi connectivity index (χ4v) is 3.55. The third kappa shape index (κ3) is 3.54. The molecule has 0 aromatic heterocycles. The van der Waals surface area contributed by atoms with Crippen LogP contribution in [0.2, 0.25) is 0 Å². The number of esters is 1. The zero-order valence-electron chi connectivity index (χ0n) is 14.5. The summed E-state index contributed by atoms with van der Waals surface area (Å²) in [6.07, 6.45) is 1.79. The van der Waals surface area contributed by atoms with E-state index in [-0.39, 0.29) is 17.5 Å². The summed E-state index contributed by atoms with van der Waals surface area (Å²) in [5.74, 6) is -0.0644. The van der Waals surface area contributed by atoms with E-state index in [1.54, 1.807) is 0 Å². The minimum Gasteiger partial charge on any atom is -0.462 e. The van der Waals surface area contributed by atoms with Gasteiger partial charge in [0.2, 0.25) is 0 Å². The molecule has 5 nitrogen and oxygen atoms in total. The van der Waals surface area contributed by atoms with Crippen LogP contribution in [0, 0.1) is 16.7 Å². The van der Waals surface area contributed by atoms with Gasteiger partial charge in [0.15, 0.2) is 0 Å². The van der Waals surface area contributed by atoms with Crippen LogP contribution in [0.3, 0.4) is 0 Å². The van der Waals surface area contributed by atoms with E-state index in [0.29, 0.717) is 0 Å². The molecule has 2 heterocycles. The molecule has 2 aliphatic heterocycles. The van der Waals surface area contributed by atoms with Crippen LogP contribution < -0.4 is 4.90 Å². The maximum Gasteiger partial charge on any atom is 0.311 e. The van der Waals surface area contributed by atoms with Crippen LogP contribution in [-0.4, -0.2) is 49.7 Å². The van der Waals surface area contributed by atoms with Crippen LogP contribution in [0.25, 0.3) is 0 Å². The van der Waals surface area contributed by atoms with E-state index in [0.717, 1.165) is 56.8 Å². The predicted molar refractivity (Wildman–Crippen MR) is 92.7 cm³/mol. The lowest BCUT2D eigenvalue weighted by Gasteiger charge is -2.36. The molecule has 0 unspecified atom stereocenters. The van der Waals surface area contributed by atoms with Gasteiger partial charge < -0.3 is 9.64 Å². The van der Waals surface area contributed by atoms with E-state index in [2.05, 4.69) is 15.9 Å². The van der Waals surface area contributed by atoms with Crippen LogP contribution in [0.1, 0.15) is 32.3 Å². The summed E-state index contributed by atoms with van der Waals surface area (Å²) < 4.78 is 5.48. The Labute approximate surface area is 143 Å². The highest BCUT2D eigenvalue weighted by molar-refractivity contribution is 5.78. The molecule has 0 N–H and O–H groups in total. The molecule has 1 aromatic carbocycles. The maximum atomic E-state index is 11.7. The van der Waals surface area contributed by atoms with Crippen molar-refractivity contribution in [1.82, 2.24) is 4.90 Å². The monoisotopic (exact) mass is 327 g/mol. The van der Waals surface area contributed by atoms with Gasteiger partial charge in [-0.3, -0.25) is 9.69 Å². The zero-order chi connectivity index (χ0) is 17.2. The van der Waals surface area contributed by atoms with Gasteiger partial charge in [-0.1, -0.05) is 12.1 Å². The number of nitrogens with zero attached hydrogens (tertiary/aromatic N) is 3. The fourth-order valence-electron chi connectivity index (χ4n) is 3.55. The van der Waals surface area contributed by atoms with Crippen molar-refractivity contribution in [3.8, 4) is 6.07 Å².